The molecule has 1 N–H and O–H groups in total. The Morgan fingerprint density at radius 2 is 2.24 bits per heavy atom. The minimum absolute atomic E-state index is 0.143. The van der Waals surface area contributed by atoms with Crippen LogP contribution in [0.25, 0.3) is 11.0 Å². The van der Waals surface area contributed by atoms with Gasteiger partial charge in [0, 0.05) is 6.42 Å². The number of benzene rings is 1. The molecule has 4 heteroatoms. The molecule has 0 amide bonds. The molecular formula is C13H16N2OS. The standard InChI is InChI=1S/C13H16N2OS/c1-3-17-12(8-9(2)16)13-14-10-6-4-5-7-11(10)15-13/h4-7,12H,3,8H2,1-2H3,(H,14,15). The van der Waals surface area contributed by atoms with Gasteiger partial charge in [0.1, 0.15) is 11.6 Å². The lowest BCUT2D eigenvalue weighted by atomic mass is 10.2. The fourth-order valence-electron chi connectivity index (χ4n) is 1.82. The lowest BCUT2D eigenvalue weighted by Gasteiger charge is -2.10. The van der Waals surface area contributed by atoms with Gasteiger partial charge in [-0.3, -0.25) is 4.79 Å². The van der Waals surface area contributed by atoms with E-state index in [0.717, 1.165) is 22.6 Å². The Morgan fingerprint density at radius 3 is 2.88 bits per heavy atom. The maximum Gasteiger partial charge on any atom is 0.131 e. The maximum atomic E-state index is 11.3. The van der Waals surface area contributed by atoms with Crippen LogP contribution in [0.5, 0.6) is 0 Å². The molecule has 2 aromatic rings. The average molecular weight is 248 g/mol. The molecule has 17 heavy (non-hydrogen) atoms. The first-order chi connectivity index (χ1) is 8.20. The highest BCUT2D eigenvalue weighted by atomic mass is 32.2. The zero-order valence-corrected chi connectivity index (χ0v) is 10.9. The molecule has 0 saturated carbocycles. The number of carbonyl (C=O) groups excluding carboxylic acids is 1. The number of fused-ring (bicyclic) bond motifs is 1. The van der Waals surface area contributed by atoms with E-state index in [2.05, 4.69) is 16.9 Å². The van der Waals surface area contributed by atoms with Crippen LogP contribution in [-0.4, -0.2) is 21.5 Å². The molecule has 0 aliphatic rings. The Balaban J connectivity index is 2.31. The van der Waals surface area contributed by atoms with Gasteiger partial charge in [-0.15, -0.1) is 0 Å². The van der Waals surface area contributed by atoms with Crippen molar-refractivity contribution in [2.45, 2.75) is 25.5 Å². The molecule has 0 fully saturated rings. The molecular weight excluding hydrogens is 232 g/mol. The van der Waals surface area contributed by atoms with E-state index in [4.69, 9.17) is 0 Å². The van der Waals surface area contributed by atoms with Crippen molar-refractivity contribution < 1.29 is 4.79 Å². The molecule has 1 unspecified atom stereocenters. The van der Waals surface area contributed by atoms with Crippen molar-refractivity contribution in [1.82, 2.24) is 9.97 Å². The lowest BCUT2D eigenvalue weighted by Crippen LogP contribution is -2.03. The number of H-pyrrole nitrogens is 1. The summed E-state index contributed by atoms with van der Waals surface area (Å²) >= 11 is 1.76. The molecule has 1 aromatic heterocycles. The number of hydrogen-bond donors (Lipinski definition) is 1. The first-order valence-electron chi connectivity index (χ1n) is 5.76. The Bertz CT molecular complexity index is 488. The summed E-state index contributed by atoms with van der Waals surface area (Å²) in [6.07, 6.45) is 0.540. The molecule has 0 spiro atoms. The topological polar surface area (TPSA) is 45.8 Å². The minimum Gasteiger partial charge on any atom is -0.341 e. The third kappa shape index (κ3) is 2.88. The SMILES string of the molecule is CCSC(CC(C)=O)c1nc2ccccc2[nH]1. The van der Waals surface area contributed by atoms with Gasteiger partial charge in [0.25, 0.3) is 0 Å². The molecule has 0 radical (unpaired) electrons. The second-order valence-electron chi connectivity index (χ2n) is 3.99. The van der Waals surface area contributed by atoms with E-state index in [0.29, 0.717) is 6.42 Å². The lowest BCUT2D eigenvalue weighted by molar-refractivity contribution is -0.117. The summed E-state index contributed by atoms with van der Waals surface area (Å²) in [6, 6.07) is 7.95. The van der Waals surface area contributed by atoms with Crippen molar-refractivity contribution in [1.29, 1.82) is 0 Å². The first-order valence-corrected chi connectivity index (χ1v) is 6.81. The Kier molecular flexibility index (Phi) is 3.84. The van der Waals surface area contributed by atoms with Crippen LogP contribution in [0.3, 0.4) is 0 Å². The normalized spacial score (nSPS) is 12.8. The summed E-state index contributed by atoms with van der Waals surface area (Å²) < 4.78 is 0. The largest absolute Gasteiger partial charge is 0.341 e. The number of thioether (sulfide) groups is 1. The molecule has 1 heterocycles. The molecule has 0 saturated heterocycles. The number of aromatic amines is 1. The smallest absolute Gasteiger partial charge is 0.131 e. The minimum atomic E-state index is 0.143. The second kappa shape index (κ2) is 5.36. The zero-order chi connectivity index (χ0) is 12.3. The molecule has 0 aliphatic heterocycles. The number of imidazole rings is 1. The van der Waals surface area contributed by atoms with Crippen LogP contribution < -0.4 is 0 Å². The molecule has 3 nitrogen and oxygen atoms in total. The van der Waals surface area contributed by atoms with E-state index in [-0.39, 0.29) is 11.0 Å². The van der Waals surface area contributed by atoms with Gasteiger partial charge in [0.05, 0.1) is 16.3 Å². The Hall–Kier alpha value is -1.29. The zero-order valence-electron chi connectivity index (χ0n) is 10.1. The van der Waals surface area contributed by atoms with E-state index in [1.165, 1.54) is 0 Å². The molecule has 90 valence electrons. The van der Waals surface area contributed by atoms with Crippen molar-refractivity contribution in [2.75, 3.05) is 5.75 Å². The highest BCUT2D eigenvalue weighted by molar-refractivity contribution is 7.99. The third-order valence-corrected chi connectivity index (χ3v) is 3.68. The summed E-state index contributed by atoms with van der Waals surface area (Å²) in [4.78, 5) is 19.1. The second-order valence-corrected chi connectivity index (χ2v) is 5.47. The number of nitrogens with zero attached hydrogens (tertiary/aromatic N) is 1. The third-order valence-electron chi connectivity index (χ3n) is 2.55. The number of aromatic nitrogens is 2. The van der Waals surface area contributed by atoms with E-state index < -0.39 is 0 Å². The van der Waals surface area contributed by atoms with Crippen LogP contribution in [0.4, 0.5) is 0 Å². The van der Waals surface area contributed by atoms with Crippen LogP contribution >= 0.6 is 11.8 Å². The average Bonchev–Trinajstić information content (AvgIpc) is 2.71. The maximum absolute atomic E-state index is 11.3. The van der Waals surface area contributed by atoms with Gasteiger partial charge in [-0.05, 0) is 24.8 Å². The van der Waals surface area contributed by atoms with E-state index in [1.807, 2.05) is 24.3 Å². The van der Waals surface area contributed by atoms with Crippen LogP contribution in [0.1, 0.15) is 31.3 Å². The Labute approximate surface area is 105 Å². The number of hydrogen-bond acceptors (Lipinski definition) is 3. The van der Waals surface area contributed by atoms with Crippen molar-refractivity contribution in [3.63, 3.8) is 0 Å². The quantitative estimate of drug-likeness (QED) is 0.882. The van der Waals surface area contributed by atoms with Crippen molar-refractivity contribution in [3.05, 3.63) is 30.1 Å². The summed E-state index contributed by atoms with van der Waals surface area (Å²) in [5.74, 6) is 2.10. The van der Waals surface area contributed by atoms with E-state index >= 15 is 0 Å². The summed E-state index contributed by atoms with van der Waals surface area (Å²) in [5, 5.41) is 0.143. The Morgan fingerprint density at radius 1 is 1.47 bits per heavy atom. The van der Waals surface area contributed by atoms with Crippen LogP contribution in [0.2, 0.25) is 0 Å². The number of carbonyl (C=O) groups is 1. The van der Waals surface area contributed by atoms with Gasteiger partial charge in [0.15, 0.2) is 0 Å². The fourth-order valence-corrected chi connectivity index (χ4v) is 2.85. The van der Waals surface area contributed by atoms with Gasteiger partial charge in [-0.1, -0.05) is 19.1 Å². The number of Topliss-reactive ketones (excluding diaryl/α,β-unsaturated/α-hetero) is 1. The number of para-hydroxylation sites is 2. The van der Waals surface area contributed by atoms with Gasteiger partial charge in [-0.25, -0.2) is 4.98 Å². The fraction of sp³-hybridized carbons (Fsp3) is 0.385. The molecule has 1 aromatic carbocycles. The summed E-state index contributed by atoms with van der Waals surface area (Å²) in [6.45, 7) is 3.73. The number of ketones is 1. The molecule has 0 aliphatic carbocycles. The summed E-state index contributed by atoms with van der Waals surface area (Å²) in [7, 11) is 0. The van der Waals surface area contributed by atoms with Crippen LogP contribution in [0.15, 0.2) is 24.3 Å². The van der Waals surface area contributed by atoms with Gasteiger partial charge in [-0.2, -0.15) is 11.8 Å². The number of nitrogens with one attached hydrogen (secondary N) is 1. The predicted octanol–water partition coefficient (Wildman–Crippen LogP) is 3.34. The van der Waals surface area contributed by atoms with Crippen LogP contribution in [0, 0.1) is 0 Å². The van der Waals surface area contributed by atoms with Crippen molar-refractivity contribution in [3.8, 4) is 0 Å². The monoisotopic (exact) mass is 248 g/mol. The summed E-state index contributed by atoms with van der Waals surface area (Å²) in [5.41, 5.74) is 2.00. The van der Waals surface area contributed by atoms with Gasteiger partial charge < -0.3 is 4.98 Å². The van der Waals surface area contributed by atoms with Crippen molar-refractivity contribution in [2.24, 2.45) is 0 Å². The van der Waals surface area contributed by atoms with Gasteiger partial charge >= 0.3 is 0 Å². The number of rotatable bonds is 5. The van der Waals surface area contributed by atoms with E-state index in [1.54, 1.807) is 18.7 Å². The van der Waals surface area contributed by atoms with E-state index in [9.17, 15) is 4.79 Å². The highest BCUT2D eigenvalue weighted by Gasteiger charge is 2.17. The van der Waals surface area contributed by atoms with Crippen molar-refractivity contribution >= 4 is 28.6 Å². The highest BCUT2D eigenvalue weighted by Crippen LogP contribution is 2.31. The van der Waals surface area contributed by atoms with Crippen LogP contribution in [-0.2, 0) is 4.79 Å². The molecule has 1 atom stereocenters. The molecule has 0 bridgehead atoms. The predicted molar refractivity (Wildman–Crippen MR) is 72.3 cm³/mol. The van der Waals surface area contributed by atoms with Gasteiger partial charge in [0.2, 0.25) is 0 Å². The molecule has 2 rings (SSSR count). The first kappa shape index (κ1) is 12.2.